The molecule has 0 radical (unpaired) electrons. The number of allylic oxidation sites excluding steroid dienone is 1. The summed E-state index contributed by atoms with van der Waals surface area (Å²) in [6.45, 7) is 5.73. The number of nitrogens with zero attached hydrogens (tertiary/aromatic N) is 3. The lowest BCUT2D eigenvalue weighted by Gasteiger charge is -2.27. The van der Waals surface area contributed by atoms with Gasteiger partial charge in [-0.2, -0.15) is 0 Å². The van der Waals surface area contributed by atoms with Crippen LogP contribution in [0.3, 0.4) is 0 Å². The van der Waals surface area contributed by atoms with Gasteiger partial charge < -0.3 is 15.0 Å². The van der Waals surface area contributed by atoms with Gasteiger partial charge in [-0.25, -0.2) is 0 Å². The number of hydrogen-bond donors (Lipinski definition) is 1. The highest BCUT2D eigenvalue weighted by atomic mass is 32.2. The van der Waals surface area contributed by atoms with Crippen molar-refractivity contribution in [2.24, 2.45) is 10.9 Å². The molecular weight excluding hydrogens is 400 g/mol. The monoisotopic (exact) mass is 424 g/mol. The predicted octanol–water partition coefficient (Wildman–Crippen LogP) is 2.61. The second-order valence-electron chi connectivity index (χ2n) is 7.87. The summed E-state index contributed by atoms with van der Waals surface area (Å²) in [7, 11) is 0. The van der Waals surface area contributed by atoms with E-state index < -0.39 is 0 Å². The number of carbonyl (C=O) groups excluding carboxylic acids is 2. The van der Waals surface area contributed by atoms with Crippen molar-refractivity contribution in [2.75, 3.05) is 50.5 Å². The second-order valence-corrected chi connectivity index (χ2v) is 8.92. The van der Waals surface area contributed by atoms with Gasteiger partial charge in [0.25, 0.3) is 11.1 Å². The van der Waals surface area contributed by atoms with E-state index in [1.807, 2.05) is 35.4 Å². The van der Waals surface area contributed by atoms with Crippen LogP contribution >= 0.6 is 11.8 Å². The molecule has 1 aromatic carbocycles. The fourth-order valence-corrected chi connectivity index (χ4v) is 4.99. The standard InChI is InChI=1S/C22H24N4O3S/c27-21-19(11-17-9-16(12-23-17)13-25-3-6-29-7-4-25)18-10-15(1-2-20(18)24-21)14-26-5-8-30-22(26)28/h1-2,9-12,16H,3-8,13-14H2,(H,24,27)/b19-11-. The van der Waals surface area contributed by atoms with Gasteiger partial charge in [-0.3, -0.25) is 19.5 Å². The molecule has 8 heteroatoms. The first-order valence-corrected chi connectivity index (χ1v) is 11.3. The minimum Gasteiger partial charge on any atom is -0.379 e. The van der Waals surface area contributed by atoms with Crippen LogP contribution < -0.4 is 5.32 Å². The van der Waals surface area contributed by atoms with Gasteiger partial charge in [0.15, 0.2) is 0 Å². The lowest BCUT2D eigenvalue weighted by atomic mass is 10.0. The van der Waals surface area contributed by atoms with Gasteiger partial charge >= 0.3 is 0 Å². The third-order valence-electron chi connectivity index (χ3n) is 5.75. The van der Waals surface area contributed by atoms with Crippen molar-refractivity contribution < 1.29 is 14.3 Å². The van der Waals surface area contributed by atoms with E-state index in [0.29, 0.717) is 12.1 Å². The van der Waals surface area contributed by atoms with Gasteiger partial charge in [-0.15, -0.1) is 0 Å². The second kappa shape index (κ2) is 8.37. The van der Waals surface area contributed by atoms with Crippen LogP contribution in [-0.2, 0) is 16.1 Å². The summed E-state index contributed by atoms with van der Waals surface area (Å²) in [6.07, 6.45) is 5.96. The summed E-state index contributed by atoms with van der Waals surface area (Å²) < 4.78 is 5.41. The molecule has 4 heterocycles. The molecule has 1 aromatic rings. The SMILES string of the molecule is O=C1Nc2ccc(CN3CCSC3=O)cc2/C1=C/C1=CC(CN2CCOCC2)C=N1. The molecule has 0 aromatic heterocycles. The molecule has 1 atom stereocenters. The Bertz CT molecular complexity index is 965. The molecular formula is C22H24N4O3S. The molecule has 2 fully saturated rings. The number of anilines is 1. The van der Waals surface area contributed by atoms with E-state index in [4.69, 9.17) is 4.74 Å². The van der Waals surface area contributed by atoms with E-state index in [0.717, 1.165) is 67.7 Å². The van der Waals surface area contributed by atoms with Crippen molar-refractivity contribution >= 4 is 40.4 Å². The molecule has 156 valence electrons. The van der Waals surface area contributed by atoms with E-state index in [1.54, 1.807) is 0 Å². The van der Waals surface area contributed by atoms with Gasteiger partial charge in [0, 0.05) is 61.9 Å². The highest BCUT2D eigenvalue weighted by Gasteiger charge is 2.27. The van der Waals surface area contributed by atoms with Crippen molar-refractivity contribution in [2.45, 2.75) is 6.54 Å². The van der Waals surface area contributed by atoms with Gasteiger partial charge in [-0.1, -0.05) is 17.8 Å². The first-order chi connectivity index (χ1) is 14.7. The smallest absolute Gasteiger partial charge is 0.282 e. The number of ether oxygens (including phenoxy) is 1. The zero-order chi connectivity index (χ0) is 20.5. The number of benzene rings is 1. The molecule has 0 aliphatic carbocycles. The molecule has 4 aliphatic rings. The lowest BCUT2D eigenvalue weighted by Crippen LogP contribution is -2.39. The third-order valence-corrected chi connectivity index (χ3v) is 6.64. The zero-order valence-corrected chi connectivity index (χ0v) is 17.5. The molecule has 0 saturated carbocycles. The highest BCUT2D eigenvalue weighted by Crippen LogP contribution is 2.34. The maximum absolute atomic E-state index is 12.6. The molecule has 4 aliphatic heterocycles. The fraction of sp³-hybridized carbons (Fsp3) is 0.409. The van der Waals surface area contributed by atoms with Crippen molar-refractivity contribution in [3.05, 3.63) is 47.2 Å². The van der Waals surface area contributed by atoms with E-state index >= 15 is 0 Å². The Labute approximate surface area is 179 Å². The number of amides is 2. The summed E-state index contributed by atoms with van der Waals surface area (Å²) in [6, 6.07) is 5.91. The van der Waals surface area contributed by atoms with Gasteiger partial charge in [0.1, 0.15) is 0 Å². The number of rotatable bonds is 5. The number of morpholine rings is 1. The van der Waals surface area contributed by atoms with E-state index in [9.17, 15) is 9.59 Å². The van der Waals surface area contributed by atoms with Gasteiger partial charge in [0.05, 0.1) is 24.5 Å². The number of aliphatic imine (C=N–C) groups is 1. The Morgan fingerprint density at radius 2 is 2.10 bits per heavy atom. The van der Waals surface area contributed by atoms with Crippen LogP contribution in [0.1, 0.15) is 11.1 Å². The molecule has 2 amide bonds. The Morgan fingerprint density at radius 1 is 1.23 bits per heavy atom. The third kappa shape index (κ3) is 4.08. The van der Waals surface area contributed by atoms with E-state index in [1.165, 1.54) is 11.8 Å². The summed E-state index contributed by atoms with van der Waals surface area (Å²) in [4.78, 5) is 33.3. The summed E-state index contributed by atoms with van der Waals surface area (Å²) in [5, 5.41) is 3.06. The largest absolute Gasteiger partial charge is 0.379 e. The quantitative estimate of drug-likeness (QED) is 0.736. The lowest BCUT2D eigenvalue weighted by molar-refractivity contribution is -0.110. The number of fused-ring (bicyclic) bond motifs is 1. The van der Waals surface area contributed by atoms with Crippen LogP contribution in [-0.4, -0.2) is 72.3 Å². The first kappa shape index (κ1) is 19.5. The molecule has 7 nitrogen and oxygen atoms in total. The molecule has 2 saturated heterocycles. The minimum absolute atomic E-state index is 0.109. The number of carbonyl (C=O) groups is 2. The average molecular weight is 425 g/mol. The summed E-state index contributed by atoms with van der Waals surface area (Å²) in [5.74, 6) is 0.985. The summed E-state index contributed by atoms with van der Waals surface area (Å²) in [5.41, 5.74) is 4.17. The van der Waals surface area contributed by atoms with Crippen LogP contribution in [0.5, 0.6) is 0 Å². The molecule has 1 N–H and O–H groups in total. The Hall–Kier alpha value is -2.42. The fourth-order valence-electron chi connectivity index (χ4n) is 4.17. The van der Waals surface area contributed by atoms with Crippen LogP contribution in [0.15, 0.2) is 41.0 Å². The molecule has 5 rings (SSSR count). The average Bonchev–Trinajstić information content (AvgIpc) is 3.44. The molecule has 0 bridgehead atoms. The number of nitrogens with one attached hydrogen (secondary N) is 1. The number of hydrogen-bond acceptors (Lipinski definition) is 6. The van der Waals surface area contributed by atoms with Crippen molar-refractivity contribution in [3.8, 4) is 0 Å². The van der Waals surface area contributed by atoms with Crippen molar-refractivity contribution in [3.63, 3.8) is 0 Å². The molecule has 0 spiro atoms. The topological polar surface area (TPSA) is 74.2 Å². The maximum Gasteiger partial charge on any atom is 0.282 e. The zero-order valence-electron chi connectivity index (χ0n) is 16.7. The van der Waals surface area contributed by atoms with Crippen LogP contribution in [0.2, 0.25) is 0 Å². The molecule has 30 heavy (non-hydrogen) atoms. The van der Waals surface area contributed by atoms with Crippen LogP contribution in [0.4, 0.5) is 10.5 Å². The van der Waals surface area contributed by atoms with Crippen molar-refractivity contribution in [1.29, 1.82) is 0 Å². The maximum atomic E-state index is 12.6. The normalized spacial score (nSPS) is 25.2. The predicted molar refractivity (Wildman–Crippen MR) is 119 cm³/mol. The van der Waals surface area contributed by atoms with Gasteiger partial charge in [-0.05, 0) is 29.8 Å². The Morgan fingerprint density at radius 3 is 2.90 bits per heavy atom. The van der Waals surface area contributed by atoms with E-state index in [-0.39, 0.29) is 17.1 Å². The van der Waals surface area contributed by atoms with E-state index in [2.05, 4.69) is 21.3 Å². The van der Waals surface area contributed by atoms with Gasteiger partial charge in [0.2, 0.25) is 0 Å². The van der Waals surface area contributed by atoms with Crippen molar-refractivity contribution in [1.82, 2.24) is 9.80 Å². The Balaban J connectivity index is 1.33. The summed E-state index contributed by atoms with van der Waals surface area (Å²) >= 11 is 1.36. The van der Waals surface area contributed by atoms with Crippen LogP contribution in [0, 0.1) is 5.92 Å². The van der Waals surface area contributed by atoms with Crippen LogP contribution in [0.25, 0.3) is 5.57 Å². The minimum atomic E-state index is -0.109. The molecule has 1 unspecified atom stereocenters. The Kier molecular flexibility index (Phi) is 5.45. The highest BCUT2D eigenvalue weighted by molar-refractivity contribution is 8.13. The first-order valence-electron chi connectivity index (χ1n) is 10.3. The number of thioether (sulfide) groups is 1.